The molecule has 23 heavy (non-hydrogen) atoms. The van der Waals surface area contributed by atoms with Gasteiger partial charge < -0.3 is 20.1 Å². The lowest BCUT2D eigenvalue weighted by molar-refractivity contribution is 0.0336. The normalized spacial score (nSPS) is 22.7. The Bertz CT molecular complexity index is 362. The lowest BCUT2D eigenvalue weighted by Gasteiger charge is -2.38. The first-order chi connectivity index (χ1) is 10.7. The van der Waals surface area contributed by atoms with E-state index in [1.807, 2.05) is 20.8 Å². The van der Waals surface area contributed by atoms with Crippen molar-refractivity contribution in [1.29, 1.82) is 0 Å². The van der Waals surface area contributed by atoms with E-state index in [1.165, 1.54) is 12.8 Å². The van der Waals surface area contributed by atoms with Gasteiger partial charge in [0.05, 0.1) is 11.6 Å². The van der Waals surface area contributed by atoms with E-state index in [0.717, 1.165) is 32.2 Å². The number of hydrogen-bond donors (Lipinski definition) is 2. The van der Waals surface area contributed by atoms with Crippen molar-refractivity contribution in [3.05, 3.63) is 0 Å². The number of carbonyl (C=O) groups excluding carboxylic acids is 1. The van der Waals surface area contributed by atoms with Crippen molar-refractivity contribution in [2.45, 2.75) is 96.4 Å². The van der Waals surface area contributed by atoms with Gasteiger partial charge in [-0.3, -0.25) is 0 Å². The molecule has 136 valence electrons. The number of hydrogen-bond acceptors (Lipinski definition) is 4. The Morgan fingerprint density at radius 2 is 1.74 bits per heavy atom. The van der Waals surface area contributed by atoms with Crippen LogP contribution in [0.4, 0.5) is 4.79 Å². The van der Waals surface area contributed by atoms with E-state index in [9.17, 15) is 4.79 Å². The van der Waals surface area contributed by atoms with Crippen LogP contribution < -0.4 is 10.6 Å². The number of methoxy groups -OCH3 is 1. The van der Waals surface area contributed by atoms with Gasteiger partial charge in [-0.05, 0) is 46.5 Å². The zero-order valence-corrected chi connectivity index (χ0v) is 15.8. The van der Waals surface area contributed by atoms with Gasteiger partial charge in [0.25, 0.3) is 0 Å². The highest BCUT2D eigenvalue weighted by atomic mass is 16.6. The molecule has 2 N–H and O–H groups in total. The second-order valence-corrected chi connectivity index (χ2v) is 7.66. The lowest BCUT2D eigenvalue weighted by Crippen LogP contribution is -2.58. The summed E-state index contributed by atoms with van der Waals surface area (Å²) < 4.78 is 11.0. The molecule has 1 amide bonds. The molecule has 1 rings (SSSR count). The summed E-state index contributed by atoms with van der Waals surface area (Å²) in [5.41, 5.74) is -0.757. The molecule has 0 aromatic carbocycles. The van der Waals surface area contributed by atoms with Gasteiger partial charge in [-0.25, -0.2) is 4.79 Å². The molecule has 1 saturated carbocycles. The maximum absolute atomic E-state index is 12.2. The molecule has 1 aliphatic carbocycles. The number of carbonyl (C=O) groups is 1. The highest BCUT2D eigenvalue weighted by molar-refractivity contribution is 5.68. The van der Waals surface area contributed by atoms with E-state index in [1.54, 1.807) is 7.11 Å². The van der Waals surface area contributed by atoms with Gasteiger partial charge in [0.1, 0.15) is 5.60 Å². The van der Waals surface area contributed by atoms with Gasteiger partial charge in [0.2, 0.25) is 0 Å². The quantitative estimate of drug-likeness (QED) is 0.749. The van der Waals surface area contributed by atoms with Gasteiger partial charge in [-0.2, -0.15) is 0 Å². The van der Waals surface area contributed by atoms with E-state index in [2.05, 4.69) is 24.5 Å². The smallest absolute Gasteiger partial charge is 0.408 e. The van der Waals surface area contributed by atoms with E-state index in [-0.39, 0.29) is 17.7 Å². The molecule has 0 aromatic rings. The van der Waals surface area contributed by atoms with Gasteiger partial charge in [-0.1, -0.05) is 26.7 Å². The molecule has 1 fully saturated rings. The first kappa shape index (κ1) is 20.2. The van der Waals surface area contributed by atoms with Crippen LogP contribution >= 0.6 is 0 Å². The zero-order valence-electron chi connectivity index (χ0n) is 15.8. The summed E-state index contributed by atoms with van der Waals surface area (Å²) in [5.74, 6) is 0. The predicted octanol–water partition coefficient (Wildman–Crippen LogP) is 3.62. The van der Waals surface area contributed by atoms with Crippen molar-refractivity contribution < 1.29 is 14.3 Å². The topological polar surface area (TPSA) is 59.6 Å². The Labute approximate surface area is 141 Å². The Morgan fingerprint density at radius 1 is 1.13 bits per heavy atom. The van der Waals surface area contributed by atoms with Crippen molar-refractivity contribution >= 4 is 6.09 Å². The minimum atomic E-state index is -0.477. The summed E-state index contributed by atoms with van der Waals surface area (Å²) >= 11 is 0. The zero-order chi connectivity index (χ0) is 17.5. The summed E-state index contributed by atoms with van der Waals surface area (Å²) in [6, 6.07) is 0.367. The van der Waals surface area contributed by atoms with Crippen molar-refractivity contribution in [2.75, 3.05) is 13.7 Å². The largest absolute Gasteiger partial charge is 0.444 e. The van der Waals surface area contributed by atoms with E-state index in [4.69, 9.17) is 9.47 Å². The fraction of sp³-hybridized carbons (Fsp3) is 0.944. The van der Waals surface area contributed by atoms with Crippen LogP contribution in [0.3, 0.4) is 0 Å². The molecular formula is C18H36N2O3. The molecular weight excluding hydrogens is 292 g/mol. The minimum Gasteiger partial charge on any atom is -0.444 e. The average molecular weight is 328 g/mol. The summed E-state index contributed by atoms with van der Waals surface area (Å²) in [5, 5.41) is 6.73. The van der Waals surface area contributed by atoms with E-state index in [0.29, 0.717) is 6.04 Å². The number of ether oxygens (including phenoxy) is 2. The molecule has 0 bridgehead atoms. The second kappa shape index (κ2) is 8.88. The molecule has 1 aliphatic rings. The van der Waals surface area contributed by atoms with Crippen molar-refractivity contribution in [1.82, 2.24) is 10.6 Å². The van der Waals surface area contributed by atoms with Crippen LogP contribution in [-0.4, -0.2) is 43.0 Å². The first-order valence-electron chi connectivity index (χ1n) is 9.02. The second-order valence-electron chi connectivity index (χ2n) is 7.66. The Kier molecular flexibility index (Phi) is 7.81. The van der Waals surface area contributed by atoms with Gasteiger partial charge >= 0.3 is 6.09 Å². The predicted molar refractivity (Wildman–Crippen MR) is 93.7 cm³/mol. The molecule has 0 saturated heterocycles. The number of alkyl carbamates (subject to hydrolysis) is 1. The summed E-state index contributed by atoms with van der Waals surface area (Å²) in [4.78, 5) is 12.2. The van der Waals surface area contributed by atoms with Crippen LogP contribution in [0.1, 0.15) is 73.1 Å². The van der Waals surface area contributed by atoms with E-state index < -0.39 is 5.60 Å². The number of amides is 1. The molecule has 0 radical (unpaired) electrons. The van der Waals surface area contributed by atoms with Gasteiger partial charge in [0, 0.05) is 19.7 Å². The average Bonchev–Trinajstić information content (AvgIpc) is 2.50. The molecule has 0 aliphatic heterocycles. The Balaban J connectivity index is 2.63. The van der Waals surface area contributed by atoms with E-state index >= 15 is 0 Å². The fourth-order valence-electron chi connectivity index (χ4n) is 3.18. The highest BCUT2D eigenvalue weighted by Crippen LogP contribution is 2.22. The molecule has 5 nitrogen and oxygen atoms in total. The molecule has 2 unspecified atom stereocenters. The summed E-state index contributed by atoms with van der Waals surface area (Å²) in [7, 11) is 1.79. The third-order valence-electron chi connectivity index (χ3n) is 4.83. The third-order valence-corrected chi connectivity index (χ3v) is 4.83. The van der Waals surface area contributed by atoms with Crippen molar-refractivity contribution in [2.24, 2.45) is 0 Å². The van der Waals surface area contributed by atoms with Crippen molar-refractivity contribution in [3.63, 3.8) is 0 Å². The van der Waals surface area contributed by atoms with Gasteiger partial charge in [0.15, 0.2) is 0 Å². The van der Waals surface area contributed by atoms with Crippen molar-refractivity contribution in [3.8, 4) is 0 Å². The molecule has 2 atom stereocenters. The molecule has 0 heterocycles. The fourth-order valence-corrected chi connectivity index (χ4v) is 3.18. The van der Waals surface area contributed by atoms with Crippen LogP contribution in [0.15, 0.2) is 0 Å². The van der Waals surface area contributed by atoms with Crippen LogP contribution in [-0.2, 0) is 9.47 Å². The van der Waals surface area contributed by atoms with Crippen LogP contribution in [0, 0.1) is 0 Å². The van der Waals surface area contributed by atoms with Crippen LogP contribution in [0.5, 0.6) is 0 Å². The maximum Gasteiger partial charge on any atom is 0.408 e. The Hall–Kier alpha value is -0.810. The van der Waals surface area contributed by atoms with Crippen LogP contribution in [0.2, 0.25) is 0 Å². The number of nitrogens with one attached hydrogen (secondary N) is 2. The molecule has 0 spiro atoms. The minimum absolute atomic E-state index is 0.275. The summed E-state index contributed by atoms with van der Waals surface area (Å²) in [6.45, 7) is 10.6. The third kappa shape index (κ3) is 6.68. The SMILES string of the molecule is CCC(CC)(CNC1CCCCC1OC)NC(=O)OC(C)(C)C. The number of rotatable bonds is 7. The molecule has 5 heteroatoms. The standard InChI is InChI=1S/C18H36N2O3/c1-7-18(8-2,20-16(21)23-17(3,4)5)13-19-14-11-9-10-12-15(14)22-6/h14-15,19H,7-13H2,1-6H3,(H,20,21). The Morgan fingerprint density at radius 3 is 2.26 bits per heavy atom. The van der Waals surface area contributed by atoms with Gasteiger partial charge in [-0.15, -0.1) is 0 Å². The lowest BCUT2D eigenvalue weighted by atomic mass is 9.89. The highest BCUT2D eigenvalue weighted by Gasteiger charge is 2.33. The molecule has 0 aromatic heterocycles. The summed E-state index contributed by atoms with van der Waals surface area (Å²) in [6.07, 6.45) is 6.38. The maximum atomic E-state index is 12.2. The first-order valence-corrected chi connectivity index (χ1v) is 9.02. The van der Waals surface area contributed by atoms with Crippen LogP contribution in [0.25, 0.3) is 0 Å². The monoisotopic (exact) mass is 328 g/mol.